The lowest BCUT2D eigenvalue weighted by atomic mass is 10.0. The molecular weight excluding hydrogens is 392 g/mol. The second-order valence-corrected chi connectivity index (χ2v) is 6.49. The lowest BCUT2D eigenvalue weighted by molar-refractivity contribution is -0.393. The number of aryl methyl sites for hydroxylation is 2. The Kier molecular flexibility index (Phi) is 7.56. The zero-order valence-corrected chi connectivity index (χ0v) is 16.9. The number of anilines is 1. The van der Waals surface area contributed by atoms with Crippen molar-refractivity contribution in [2.45, 2.75) is 33.6 Å². The number of rotatable bonds is 9. The maximum atomic E-state index is 11.8. The molecule has 2 aromatic rings. The molecule has 0 heterocycles. The molecule has 30 heavy (non-hydrogen) atoms. The van der Waals surface area contributed by atoms with E-state index in [0.29, 0.717) is 5.71 Å². The minimum Gasteiger partial charge on any atom is -0.466 e. The quantitative estimate of drug-likeness (QED) is 0.280. The van der Waals surface area contributed by atoms with Gasteiger partial charge in [0.2, 0.25) is 0 Å². The summed E-state index contributed by atoms with van der Waals surface area (Å²) in [6.07, 6.45) is 0.332. The van der Waals surface area contributed by atoms with Crippen LogP contribution >= 0.6 is 0 Å². The highest BCUT2D eigenvalue weighted by molar-refractivity contribution is 6.02. The van der Waals surface area contributed by atoms with Gasteiger partial charge in [0.1, 0.15) is 5.69 Å². The van der Waals surface area contributed by atoms with Gasteiger partial charge >= 0.3 is 11.7 Å². The predicted octanol–water partition coefficient (Wildman–Crippen LogP) is 4.28. The summed E-state index contributed by atoms with van der Waals surface area (Å²) in [5.41, 5.74) is 5.11. The molecular formula is C20H22N4O6. The van der Waals surface area contributed by atoms with Crippen LogP contribution in [-0.2, 0) is 9.53 Å². The van der Waals surface area contributed by atoms with E-state index in [2.05, 4.69) is 10.5 Å². The zero-order chi connectivity index (χ0) is 22.3. The number of nitro benzene ring substituents is 2. The molecule has 0 aliphatic rings. The first kappa shape index (κ1) is 22.5. The van der Waals surface area contributed by atoms with Crippen molar-refractivity contribution < 1.29 is 19.4 Å². The van der Waals surface area contributed by atoms with Crippen molar-refractivity contribution in [3.63, 3.8) is 0 Å². The number of carbonyl (C=O) groups excluding carboxylic acids is 1. The number of hydrogen-bond donors (Lipinski definition) is 1. The monoisotopic (exact) mass is 414 g/mol. The number of nitro groups is 2. The van der Waals surface area contributed by atoms with Crippen molar-refractivity contribution in [2.24, 2.45) is 5.10 Å². The van der Waals surface area contributed by atoms with E-state index < -0.39 is 21.2 Å². The summed E-state index contributed by atoms with van der Waals surface area (Å²) in [5.74, 6) is -0.379. The number of esters is 1. The predicted molar refractivity (Wildman–Crippen MR) is 112 cm³/mol. The van der Waals surface area contributed by atoms with Crippen LogP contribution in [0.25, 0.3) is 0 Å². The highest BCUT2D eigenvalue weighted by Crippen LogP contribution is 2.29. The first-order chi connectivity index (χ1) is 14.2. The number of non-ortho nitro benzene ring substituents is 1. The molecule has 0 saturated heterocycles. The van der Waals surface area contributed by atoms with Crippen LogP contribution in [0.1, 0.15) is 36.5 Å². The summed E-state index contributed by atoms with van der Waals surface area (Å²) < 4.78 is 4.95. The highest BCUT2D eigenvalue weighted by Gasteiger charge is 2.19. The molecule has 1 N–H and O–H groups in total. The Morgan fingerprint density at radius 2 is 1.77 bits per heavy atom. The third-order valence-electron chi connectivity index (χ3n) is 4.41. The molecule has 0 fully saturated rings. The first-order valence-electron chi connectivity index (χ1n) is 9.21. The molecule has 0 amide bonds. The lowest BCUT2D eigenvalue weighted by Gasteiger charge is -2.10. The second-order valence-electron chi connectivity index (χ2n) is 6.49. The topological polar surface area (TPSA) is 137 Å². The minimum atomic E-state index is -0.723. The Morgan fingerprint density at radius 1 is 1.03 bits per heavy atom. The normalized spacial score (nSPS) is 11.1. The maximum absolute atomic E-state index is 11.8. The van der Waals surface area contributed by atoms with Crippen LogP contribution in [0, 0.1) is 34.1 Å². The molecule has 2 rings (SSSR count). The van der Waals surface area contributed by atoms with E-state index in [1.807, 2.05) is 32.0 Å². The molecule has 0 unspecified atom stereocenters. The smallest absolute Gasteiger partial charge is 0.306 e. The summed E-state index contributed by atoms with van der Waals surface area (Å²) in [6.45, 7) is 5.89. The summed E-state index contributed by atoms with van der Waals surface area (Å²) in [5, 5.41) is 26.5. The Morgan fingerprint density at radius 3 is 2.37 bits per heavy atom. The van der Waals surface area contributed by atoms with E-state index in [9.17, 15) is 25.0 Å². The third-order valence-corrected chi connectivity index (χ3v) is 4.41. The Bertz CT molecular complexity index is 1000. The number of carbonyl (C=O) groups is 1. The van der Waals surface area contributed by atoms with E-state index in [1.165, 1.54) is 6.07 Å². The van der Waals surface area contributed by atoms with E-state index in [4.69, 9.17) is 4.74 Å². The standard InChI is InChI=1S/C20H22N4O6/c1-4-30-20(25)10-9-17(15-6-5-13(2)14(3)11-15)21-22-18-8-7-16(23(26)27)12-19(18)24(28)29/h5-8,11-12,22H,4,9-10H2,1-3H3/b21-17-. The average Bonchev–Trinajstić information content (AvgIpc) is 2.70. The summed E-state index contributed by atoms with van der Waals surface area (Å²) in [6, 6.07) is 8.91. The first-order valence-corrected chi connectivity index (χ1v) is 9.21. The SMILES string of the molecule is CCOC(=O)CC/C(=N/Nc1ccc([N+](=O)[O-])cc1[N+](=O)[O-])c1ccc(C)c(C)c1. The fraction of sp³-hybridized carbons (Fsp3) is 0.300. The molecule has 0 atom stereocenters. The van der Waals surface area contributed by atoms with Gasteiger partial charge < -0.3 is 4.74 Å². The fourth-order valence-corrected chi connectivity index (χ4v) is 2.65. The highest BCUT2D eigenvalue weighted by atomic mass is 16.6. The van der Waals surface area contributed by atoms with Gasteiger partial charge in [0.25, 0.3) is 5.69 Å². The number of hydrazone groups is 1. The number of benzene rings is 2. The van der Waals surface area contributed by atoms with E-state index in [0.717, 1.165) is 28.8 Å². The van der Waals surface area contributed by atoms with Crippen molar-refractivity contribution >= 4 is 28.7 Å². The van der Waals surface area contributed by atoms with Gasteiger partial charge in [0, 0.05) is 12.5 Å². The van der Waals surface area contributed by atoms with Crippen LogP contribution in [0.15, 0.2) is 41.5 Å². The van der Waals surface area contributed by atoms with Crippen molar-refractivity contribution in [1.82, 2.24) is 0 Å². The van der Waals surface area contributed by atoms with Gasteiger partial charge in [-0.3, -0.25) is 30.4 Å². The van der Waals surface area contributed by atoms with Crippen LogP contribution in [0.4, 0.5) is 17.1 Å². The maximum Gasteiger partial charge on any atom is 0.306 e. The summed E-state index contributed by atoms with van der Waals surface area (Å²) >= 11 is 0. The Hall–Kier alpha value is -3.82. The number of nitrogens with zero attached hydrogens (tertiary/aromatic N) is 3. The van der Waals surface area contributed by atoms with Gasteiger partial charge in [0.15, 0.2) is 0 Å². The van der Waals surface area contributed by atoms with Crippen molar-refractivity contribution in [1.29, 1.82) is 0 Å². The zero-order valence-electron chi connectivity index (χ0n) is 16.9. The van der Waals surface area contributed by atoms with Gasteiger partial charge in [-0.15, -0.1) is 0 Å². The van der Waals surface area contributed by atoms with Crippen molar-refractivity contribution in [2.75, 3.05) is 12.0 Å². The number of ether oxygens (including phenoxy) is 1. The van der Waals surface area contributed by atoms with Crippen LogP contribution < -0.4 is 5.43 Å². The fourth-order valence-electron chi connectivity index (χ4n) is 2.65. The molecule has 0 saturated carbocycles. The second kappa shape index (κ2) is 10.1. The minimum absolute atomic E-state index is 0.00284. The molecule has 2 aromatic carbocycles. The lowest BCUT2D eigenvalue weighted by Crippen LogP contribution is -2.11. The van der Waals surface area contributed by atoms with Gasteiger partial charge in [-0.1, -0.05) is 12.1 Å². The van der Waals surface area contributed by atoms with E-state index in [-0.39, 0.29) is 31.1 Å². The van der Waals surface area contributed by atoms with Crippen LogP contribution in [0.5, 0.6) is 0 Å². The molecule has 158 valence electrons. The van der Waals surface area contributed by atoms with E-state index >= 15 is 0 Å². The van der Waals surface area contributed by atoms with Gasteiger partial charge in [-0.05, 0) is 49.6 Å². The molecule has 10 heteroatoms. The third kappa shape index (κ3) is 5.84. The molecule has 0 aliphatic heterocycles. The number of nitrogens with one attached hydrogen (secondary N) is 1. The molecule has 0 spiro atoms. The van der Waals surface area contributed by atoms with Crippen LogP contribution in [-0.4, -0.2) is 28.1 Å². The van der Waals surface area contributed by atoms with Gasteiger partial charge in [0.05, 0.1) is 34.7 Å². The molecule has 0 radical (unpaired) electrons. The van der Waals surface area contributed by atoms with Crippen molar-refractivity contribution in [3.05, 3.63) is 73.3 Å². The Balaban J connectivity index is 2.38. The van der Waals surface area contributed by atoms with Gasteiger partial charge in [-0.2, -0.15) is 5.10 Å². The van der Waals surface area contributed by atoms with Crippen LogP contribution in [0.3, 0.4) is 0 Å². The summed E-state index contributed by atoms with van der Waals surface area (Å²) in [4.78, 5) is 32.5. The summed E-state index contributed by atoms with van der Waals surface area (Å²) in [7, 11) is 0. The Labute approximate surface area is 172 Å². The average molecular weight is 414 g/mol. The largest absolute Gasteiger partial charge is 0.466 e. The molecule has 0 aromatic heterocycles. The molecule has 0 aliphatic carbocycles. The van der Waals surface area contributed by atoms with Crippen molar-refractivity contribution in [3.8, 4) is 0 Å². The molecule has 0 bridgehead atoms. The number of hydrogen-bond acceptors (Lipinski definition) is 8. The molecule has 10 nitrogen and oxygen atoms in total. The van der Waals surface area contributed by atoms with E-state index in [1.54, 1.807) is 6.92 Å². The van der Waals surface area contributed by atoms with Gasteiger partial charge in [-0.25, -0.2) is 0 Å². The van der Waals surface area contributed by atoms with Crippen LogP contribution in [0.2, 0.25) is 0 Å².